The maximum absolute atomic E-state index is 12.3. The number of carboxylic acid groups (broad SMARTS) is 1. The van der Waals surface area contributed by atoms with Gasteiger partial charge in [-0.3, -0.25) is 5.10 Å². The lowest BCUT2D eigenvalue weighted by molar-refractivity contribution is 0.0692. The fraction of sp³-hybridized carbons (Fsp3) is 0.231. The molecular weight excluding hydrogens is 294 g/mol. The molecule has 7 nitrogen and oxygen atoms in total. The van der Waals surface area contributed by atoms with Gasteiger partial charge in [-0.15, -0.1) is 0 Å². The molecule has 0 aliphatic rings. The summed E-state index contributed by atoms with van der Waals surface area (Å²) in [6.45, 7) is 3.57. The number of aryl methyl sites for hydroxylation is 1. The predicted molar refractivity (Wildman–Crippen MR) is 75.5 cm³/mol. The van der Waals surface area contributed by atoms with Crippen molar-refractivity contribution in [1.29, 1.82) is 0 Å². The van der Waals surface area contributed by atoms with E-state index in [-0.39, 0.29) is 5.56 Å². The summed E-state index contributed by atoms with van der Waals surface area (Å²) < 4.78 is 27.0. The van der Waals surface area contributed by atoms with Gasteiger partial charge in [-0.05, 0) is 25.0 Å². The van der Waals surface area contributed by atoms with Gasteiger partial charge >= 0.3 is 5.97 Å². The maximum atomic E-state index is 12.3. The molecule has 112 valence electrons. The van der Waals surface area contributed by atoms with Crippen LogP contribution in [0.5, 0.6) is 0 Å². The standard InChI is InChI=1S/C13H15N3O4S/c1-8-5-3-4-6-10(8)9(2)16-21(19,20)12-11(13(17)18)7-14-15-12/h3-7,9,16H,1-2H3,(H,14,15)(H,17,18)/t9-/m0/s1. The Balaban J connectivity index is 2.32. The summed E-state index contributed by atoms with van der Waals surface area (Å²) in [6.07, 6.45) is 0.968. The third-order valence-corrected chi connectivity index (χ3v) is 4.60. The van der Waals surface area contributed by atoms with Crippen LogP contribution >= 0.6 is 0 Å². The molecule has 1 aromatic carbocycles. The van der Waals surface area contributed by atoms with Crippen LogP contribution in [-0.4, -0.2) is 29.7 Å². The number of H-pyrrole nitrogens is 1. The smallest absolute Gasteiger partial charge is 0.340 e. The lowest BCUT2D eigenvalue weighted by Crippen LogP contribution is -2.28. The second kappa shape index (κ2) is 5.66. The number of hydrogen-bond donors (Lipinski definition) is 3. The first-order chi connectivity index (χ1) is 9.83. The van der Waals surface area contributed by atoms with Gasteiger partial charge in [0, 0.05) is 6.04 Å². The minimum Gasteiger partial charge on any atom is -0.478 e. The van der Waals surface area contributed by atoms with E-state index >= 15 is 0 Å². The van der Waals surface area contributed by atoms with Crippen LogP contribution in [0.2, 0.25) is 0 Å². The van der Waals surface area contributed by atoms with Crippen molar-refractivity contribution in [1.82, 2.24) is 14.9 Å². The molecule has 0 saturated heterocycles. The number of benzene rings is 1. The quantitative estimate of drug-likeness (QED) is 0.774. The summed E-state index contributed by atoms with van der Waals surface area (Å²) in [6, 6.07) is 6.86. The molecule has 0 fully saturated rings. The lowest BCUT2D eigenvalue weighted by atomic mass is 10.0. The minimum absolute atomic E-state index is 0.389. The van der Waals surface area contributed by atoms with Crippen LogP contribution in [0.1, 0.15) is 34.5 Å². The molecule has 1 atom stereocenters. The molecule has 0 bridgehead atoms. The Morgan fingerprint density at radius 3 is 2.67 bits per heavy atom. The second-order valence-corrected chi connectivity index (χ2v) is 6.27. The Labute approximate surface area is 122 Å². The van der Waals surface area contributed by atoms with Crippen molar-refractivity contribution < 1.29 is 18.3 Å². The monoisotopic (exact) mass is 309 g/mol. The summed E-state index contributed by atoms with van der Waals surface area (Å²) in [7, 11) is -4.01. The zero-order chi connectivity index (χ0) is 15.6. The highest BCUT2D eigenvalue weighted by molar-refractivity contribution is 7.89. The molecule has 21 heavy (non-hydrogen) atoms. The zero-order valence-electron chi connectivity index (χ0n) is 11.5. The summed E-state index contributed by atoms with van der Waals surface area (Å²) >= 11 is 0. The number of aromatic carboxylic acids is 1. The van der Waals surface area contributed by atoms with E-state index in [0.717, 1.165) is 17.3 Å². The first-order valence-corrected chi connectivity index (χ1v) is 7.66. The van der Waals surface area contributed by atoms with Gasteiger partial charge in [0.25, 0.3) is 10.0 Å². The first-order valence-electron chi connectivity index (χ1n) is 6.17. The third-order valence-electron chi connectivity index (χ3n) is 3.09. The van der Waals surface area contributed by atoms with Gasteiger partial charge in [0.1, 0.15) is 5.56 Å². The van der Waals surface area contributed by atoms with Crippen LogP contribution in [0.3, 0.4) is 0 Å². The highest BCUT2D eigenvalue weighted by atomic mass is 32.2. The van der Waals surface area contributed by atoms with E-state index in [9.17, 15) is 13.2 Å². The van der Waals surface area contributed by atoms with E-state index in [2.05, 4.69) is 14.9 Å². The van der Waals surface area contributed by atoms with Crippen LogP contribution in [0.25, 0.3) is 0 Å². The average Bonchev–Trinajstić information content (AvgIpc) is 2.88. The lowest BCUT2D eigenvalue weighted by Gasteiger charge is -2.16. The summed E-state index contributed by atoms with van der Waals surface area (Å²) in [5.41, 5.74) is 1.37. The average molecular weight is 309 g/mol. The topological polar surface area (TPSA) is 112 Å². The van der Waals surface area contributed by atoms with Gasteiger partial charge in [0.15, 0.2) is 5.03 Å². The van der Waals surface area contributed by atoms with Crippen molar-refractivity contribution in [2.75, 3.05) is 0 Å². The largest absolute Gasteiger partial charge is 0.478 e. The van der Waals surface area contributed by atoms with Crippen molar-refractivity contribution in [2.45, 2.75) is 24.9 Å². The Morgan fingerprint density at radius 2 is 2.05 bits per heavy atom. The number of sulfonamides is 1. The molecule has 0 aliphatic heterocycles. The Morgan fingerprint density at radius 1 is 1.38 bits per heavy atom. The van der Waals surface area contributed by atoms with Crippen LogP contribution in [0.4, 0.5) is 0 Å². The number of nitrogens with one attached hydrogen (secondary N) is 2. The number of hydrogen-bond acceptors (Lipinski definition) is 4. The molecule has 2 rings (SSSR count). The molecule has 2 aromatic rings. The van der Waals surface area contributed by atoms with Crippen molar-refractivity contribution >= 4 is 16.0 Å². The van der Waals surface area contributed by atoms with E-state index in [1.807, 2.05) is 31.2 Å². The van der Waals surface area contributed by atoms with Crippen LogP contribution in [0, 0.1) is 6.92 Å². The van der Waals surface area contributed by atoms with Crippen molar-refractivity contribution in [3.63, 3.8) is 0 Å². The van der Waals surface area contributed by atoms with E-state index in [0.29, 0.717) is 0 Å². The number of aromatic amines is 1. The number of aromatic nitrogens is 2. The van der Waals surface area contributed by atoms with Gasteiger partial charge in [-0.1, -0.05) is 24.3 Å². The molecule has 1 aromatic heterocycles. The summed E-state index contributed by atoms with van der Waals surface area (Å²) in [5.74, 6) is -1.35. The number of carboxylic acids is 1. The van der Waals surface area contributed by atoms with Crippen molar-refractivity contribution in [3.05, 3.63) is 47.2 Å². The molecule has 0 unspecified atom stereocenters. The van der Waals surface area contributed by atoms with Crippen LogP contribution < -0.4 is 4.72 Å². The molecule has 0 amide bonds. The molecule has 0 radical (unpaired) electrons. The summed E-state index contributed by atoms with van der Waals surface area (Å²) in [5, 5.41) is 14.2. The highest BCUT2D eigenvalue weighted by Gasteiger charge is 2.26. The molecule has 0 saturated carbocycles. The first kappa shape index (κ1) is 15.2. The minimum atomic E-state index is -4.01. The maximum Gasteiger partial charge on any atom is 0.340 e. The van der Waals surface area contributed by atoms with Gasteiger partial charge in [-0.25, -0.2) is 17.9 Å². The predicted octanol–water partition coefficient (Wildman–Crippen LogP) is 1.46. The molecular formula is C13H15N3O4S. The molecule has 1 heterocycles. The fourth-order valence-corrected chi connectivity index (χ4v) is 3.37. The van der Waals surface area contributed by atoms with Gasteiger partial charge in [-0.2, -0.15) is 5.10 Å². The van der Waals surface area contributed by atoms with Crippen LogP contribution in [0.15, 0.2) is 35.5 Å². The van der Waals surface area contributed by atoms with E-state index < -0.39 is 27.1 Å². The Hall–Kier alpha value is -2.19. The molecule has 0 spiro atoms. The number of carbonyl (C=O) groups is 1. The fourth-order valence-electron chi connectivity index (χ4n) is 2.06. The number of nitrogens with zero attached hydrogens (tertiary/aromatic N) is 1. The van der Waals surface area contributed by atoms with Gasteiger partial charge in [0.2, 0.25) is 0 Å². The second-order valence-electron chi connectivity index (χ2n) is 4.62. The summed E-state index contributed by atoms with van der Waals surface area (Å²) in [4.78, 5) is 11.0. The van der Waals surface area contributed by atoms with Gasteiger partial charge < -0.3 is 5.11 Å². The highest BCUT2D eigenvalue weighted by Crippen LogP contribution is 2.20. The molecule has 3 N–H and O–H groups in total. The molecule has 0 aliphatic carbocycles. The normalized spacial score (nSPS) is 13.0. The van der Waals surface area contributed by atoms with E-state index in [1.54, 1.807) is 6.92 Å². The van der Waals surface area contributed by atoms with Gasteiger partial charge in [0.05, 0.1) is 6.20 Å². The SMILES string of the molecule is Cc1ccccc1[C@H](C)NS(=O)(=O)c1[nH]ncc1C(=O)O. The van der Waals surface area contributed by atoms with E-state index in [4.69, 9.17) is 5.11 Å². The zero-order valence-corrected chi connectivity index (χ0v) is 12.3. The van der Waals surface area contributed by atoms with Crippen molar-refractivity contribution in [3.8, 4) is 0 Å². The molecule has 8 heteroatoms. The third kappa shape index (κ3) is 3.11. The number of rotatable bonds is 5. The Kier molecular flexibility index (Phi) is 4.10. The van der Waals surface area contributed by atoms with Crippen LogP contribution in [-0.2, 0) is 10.0 Å². The Bertz CT molecular complexity index is 767. The van der Waals surface area contributed by atoms with E-state index in [1.165, 1.54) is 0 Å². The van der Waals surface area contributed by atoms with Crippen molar-refractivity contribution in [2.24, 2.45) is 0 Å².